The number of rotatable bonds is 2. The van der Waals surface area contributed by atoms with Crippen molar-refractivity contribution in [2.75, 3.05) is 0 Å². The molecule has 2 aromatic rings. The fourth-order valence-corrected chi connectivity index (χ4v) is 2.16. The van der Waals surface area contributed by atoms with Crippen molar-refractivity contribution in [3.05, 3.63) is 33.3 Å². The Kier molecular flexibility index (Phi) is 2.16. The predicted molar refractivity (Wildman–Crippen MR) is 63.5 cm³/mol. The zero-order valence-corrected chi connectivity index (χ0v) is 9.95. The number of halogens is 1. The van der Waals surface area contributed by atoms with Crippen LogP contribution in [0.3, 0.4) is 0 Å². The molecular formula is C12H10ClNO3. The number of carbonyl (C=O) groups excluding carboxylic acids is 1. The number of benzene rings is 1. The number of aromatic nitrogens is 1. The first-order valence-electron chi connectivity index (χ1n) is 5.41. The van der Waals surface area contributed by atoms with Gasteiger partial charge in [0.15, 0.2) is 11.4 Å². The second-order valence-corrected chi connectivity index (χ2v) is 4.78. The molecule has 88 valence electrons. The smallest absolute Gasteiger partial charge is 0.406 e. The molecule has 1 aliphatic carbocycles. The fourth-order valence-electron chi connectivity index (χ4n) is 1.91. The van der Waals surface area contributed by atoms with Crippen molar-refractivity contribution >= 4 is 28.5 Å². The van der Waals surface area contributed by atoms with E-state index in [0.29, 0.717) is 21.7 Å². The van der Waals surface area contributed by atoms with Crippen molar-refractivity contribution in [1.29, 1.82) is 0 Å². The zero-order chi connectivity index (χ0) is 12.2. The maximum Gasteiger partial charge on any atom is 0.419 e. The Hall–Kier alpha value is -1.55. The molecule has 0 unspecified atom stereocenters. The van der Waals surface area contributed by atoms with Gasteiger partial charge in [0, 0.05) is 18.5 Å². The Labute approximate surface area is 102 Å². The summed E-state index contributed by atoms with van der Waals surface area (Å²) in [6.45, 7) is 0. The summed E-state index contributed by atoms with van der Waals surface area (Å²) in [6.07, 6.45) is 1.89. The molecule has 0 radical (unpaired) electrons. The first-order valence-corrected chi connectivity index (χ1v) is 5.79. The van der Waals surface area contributed by atoms with Gasteiger partial charge in [-0.05, 0) is 25.0 Å². The summed E-state index contributed by atoms with van der Waals surface area (Å²) in [6, 6.07) is 3.25. The molecule has 1 aromatic heterocycles. The summed E-state index contributed by atoms with van der Waals surface area (Å²) in [5, 5.41) is 0.309. The summed E-state index contributed by atoms with van der Waals surface area (Å²) in [5.74, 6) is -0.243. The summed E-state index contributed by atoms with van der Waals surface area (Å²) >= 11 is 6.02. The lowest BCUT2D eigenvalue weighted by molar-refractivity contribution is 0.0968. The molecule has 0 aliphatic heterocycles. The third-order valence-electron chi connectivity index (χ3n) is 3.08. The highest BCUT2D eigenvalue weighted by molar-refractivity contribution is 6.35. The number of hydrogen-bond acceptors (Lipinski definition) is 3. The van der Waals surface area contributed by atoms with Gasteiger partial charge in [-0.2, -0.15) is 0 Å². The molecule has 17 heavy (non-hydrogen) atoms. The van der Waals surface area contributed by atoms with E-state index in [1.807, 2.05) is 0 Å². The molecule has 4 nitrogen and oxygen atoms in total. The maximum atomic E-state index is 11.9. The molecule has 0 bridgehead atoms. The van der Waals surface area contributed by atoms with Gasteiger partial charge in [-0.25, -0.2) is 4.79 Å². The minimum atomic E-state index is -0.474. The van der Waals surface area contributed by atoms with Gasteiger partial charge < -0.3 is 4.42 Å². The lowest BCUT2D eigenvalue weighted by Gasteiger charge is -2.01. The Morgan fingerprint density at radius 2 is 2.18 bits per heavy atom. The Balaban J connectivity index is 2.25. The summed E-state index contributed by atoms with van der Waals surface area (Å²) < 4.78 is 6.36. The number of nitrogens with zero attached hydrogens (tertiary/aromatic N) is 1. The minimum absolute atomic E-state index is 0.0995. The van der Waals surface area contributed by atoms with Crippen LogP contribution in [0.1, 0.15) is 23.2 Å². The van der Waals surface area contributed by atoms with Gasteiger partial charge in [-0.3, -0.25) is 9.36 Å². The third kappa shape index (κ3) is 1.60. The van der Waals surface area contributed by atoms with E-state index in [1.54, 1.807) is 19.2 Å². The zero-order valence-electron chi connectivity index (χ0n) is 9.20. The molecule has 1 aliphatic rings. The van der Waals surface area contributed by atoms with E-state index in [2.05, 4.69) is 0 Å². The number of fused-ring (bicyclic) bond motifs is 1. The molecule has 5 heteroatoms. The van der Waals surface area contributed by atoms with Crippen LogP contribution < -0.4 is 5.76 Å². The van der Waals surface area contributed by atoms with E-state index < -0.39 is 5.76 Å². The molecule has 0 amide bonds. The van der Waals surface area contributed by atoms with Crippen LogP contribution in [0.25, 0.3) is 11.1 Å². The molecule has 0 spiro atoms. The van der Waals surface area contributed by atoms with E-state index in [1.165, 1.54) is 4.57 Å². The highest BCUT2D eigenvalue weighted by Crippen LogP contribution is 2.34. The van der Waals surface area contributed by atoms with Gasteiger partial charge >= 0.3 is 5.76 Å². The van der Waals surface area contributed by atoms with E-state index in [0.717, 1.165) is 12.8 Å². The largest absolute Gasteiger partial charge is 0.419 e. The van der Waals surface area contributed by atoms with E-state index in [9.17, 15) is 9.59 Å². The molecule has 0 atom stereocenters. The summed E-state index contributed by atoms with van der Waals surface area (Å²) in [5.41, 5.74) is 1.46. The summed E-state index contributed by atoms with van der Waals surface area (Å²) in [4.78, 5) is 23.3. The SMILES string of the molecule is Cn1c(=O)oc2c(Cl)cc(C(=O)C3CC3)cc21. The van der Waals surface area contributed by atoms with Gasteiger partial charge in [-0.15, -0.1) is 0 Å². The van der Waals surface area contributed by atoms with Gasteiger partial charge in [0.25, 0.3) is 0 Å². The molecule has 3 rings (SSSR count). The van der Waals surface area contributed by atoms with Crippen molar-refractivity contribution in [2.24, 2.45) is 13.0 Å². The molecule has 0 saturated heterocycles. The highest BCUT2D eigenvalue weighted by atomic mass is 35.5. The second kappa shape index (κ2) is 3.47. The first-order chi connectivity index (χ1) is 8.08. The van der Waals surface area contributed by atoms with E-state index >= 15 is 0 Å². The van der Waals surface area contributed by atoms with Gasteiger partial charge in [-0.1, -0.05) is 11.6 Å². The average molecular weight is 252 g/mol. The van der Waals surface area contributed by atoms with E-state index in [-0.39, 0.29) is 11.7 Å². The summed E-state index contributed by atoms with van der Waals surface area (Å²) in [7, 11) is 1.59. The molecule has 1 saturated carbocycles. The van der Waals surface area contributed by atoms with Crippen LogP contribution in [-0.2, 0) is 7.05 Å². The van der Waals surface area contributed by atoms with Crippen LogP contribution in [0, 0.1) is 5.92 Å². The molecule has 1 fully saturated rings. The predicted octanol–water partition coefficient (Wildman–Crippen LogP) is 2.38. The maximum absolute atomic E-state index is 11.9. The number of carbonyl (C=O) groups is 1. The lowest BCUT2D eigenvalue weighted by Crippen LogP contribution is -2.08. The second-order valence-electron chi connectivity index (χ2n) is 4.37. The topological polar surface area (TPSA) is 52.2 Å². The van der Waals surface area contributed by atoms with Crippen molar-refractivity contribution < 1.29 is 9.21 Å². The number of Topliss-reactive ketones (excluding diaryl/α,β-unsaturated/α-hetero) is 1. The van der Waals surface area contributed by atoms with Crippen LogP contribution in [0.2, 0.25) is 5.02 Å². The van der Waals surface area contributed by atoms with Crippen molar-refractivity contribution in [3.63, 3.8) is 0 Å². The lowest BCUT2D eigenvalue weighted by atomic mass is 10.1. The van der Waals surface area contributed by atoms with Crippen LogP contribution >= 0.6 is 11.6 Å². The monoisotopic (exact) mass is 251 g/mol. The number of ketones is 1. The third-order valence-corrected chi connectivity index (χ3v) is 3.36. The van der Waals surface area contributed by atoms with Gasteiger partial charge in [0.1, 0.15) is 0 Å². The van der Waals surface area contributed by atoms with Gasteiger partial charge in [0.05, 0.1) is 10.5 Å². The Morgan fingerprint density at radius 1 is 1.47 bits per heavy atom. The fraction of sp³-hybridized carbons (Fsp3) is 0.333. The normalized spacial score (nSPS) is 15.4. The van der Waals surface area contributed by atoms with Crippen molar-refractivity contribution in [1.82, 2.24) is 4.57 Å². The molecule has 1 heterocycles. The Bertz CT molecular complexity index is 679. The van der Waals surface area contributed by atoms with Crippen LogP contribution in [0.4, 0.5) is 0 Å². The van der Waals surface area contributed by atoms with Crippen LogP contribution in [0.5, 0.6) is 0 Å². The van der Waals surface area contributed by atoms with Crippen LogP contribution in [0.15, 0.2) is 21.3 Å². The van der Waals surface area contributed by atoms with E-state index in [4.69, 9.17) is 16.0 Å². The number of aryl methyl sites for hydroxylation is 1. The quantitative estimate of drug-likeness (QED) is 0.770. The molecule has 1 aromatic carbocycles. The number of oxazole rings is 1. The van der Waals surface area contributed by atoms with Crippen molar-refractivity contribution in [3.8, 4) is 0 Å². The Morgan fingerprint density at radius 3 is 2.82 bits per heavy atom. The van der Waals surface area contributed by atoms with Crippen LogP contribution in [-0.4, -0.2) is 10.4 Å². The first kappa shape index (κ1) is 10.6. The number of hydrogen-bond donors (Lipinski definition) is 0. The average Bonchev–Trinajstić information content (AvgIpc) is 3.09. The van der Waals surface area contributed by atoms with Gasteiger partial charge in [0.2, 0.25) is 0 Å². The molecule has 0 N–H and O–H groups in total. The van der Waals surface area contributed by atoms with Crippen molar-refractivity contribution in [2.45, 2.75) is 12.8 Å². The standard InChI is InChI=1S/C12H10ClNO3/c1-14-9-5-7(10(15)6-2-3-6)4-8(13)11(9)17-12(14)16/h4-6H,2-3H2,1H3. The minimum Gasteiger partial charge on any atom is -0.406 e. The molecular weight excluding hydrogens is 242 g/mol. The highest BCUT2D eigenvalue weighted by Gasteiger charge is 2.31.